The number of ether oxygens (including phenoxy) is 2. The van der Waals surface area contributed by atoms with Crippen LogP contribution < -0.4 is 9.47 Å². The first-order valence-electron chi connectivity index (χ1n) is 4.93. The molecule has 0 aliphatic carbocycles. The lowest BCUT2D eigenvalue weighted by Gasteiger charge is -2.22. The van der Waals surface area contributed by atoms with Crippen LogP contribution in [0.5, 0.6) is 11.5 Å². The molecule has 1 N–H and O–H groups in total. The molecule has 0 saturated carbocycles. The van der Waals surface area contributed by atoms with Crippen LogP contribution in [-0.2, 0) is 10.4 Å². The standard InChI is InChI=1S/C12H16O4/c1-12(14,4-5-13)9-6-10(15-2)8-11(7-9)16-3/h5-8,14H,4H2,1-3H3. The number of aliphatic hydroxyl groups is 1. The van der Waals surface area contributed by atoms with Crippen molar-refractivity contribution in [3.05, 3.63) is 23.8 Å². The summed E-state index contributed by atoms with van der Waals surface area (Å²) < 4.78 is 10.2. The van der Waals surface area contributed by atoms with Crippen molar-refractivity contribution in [2.24, 2.45) is 0 Å². The Hall–Kier alpha value is -1.55. The van der Waals surface area contributed by atoms with Gasteiger partial charge >= 0.3 is 0 Å². The quantitative estimate of drug-likeness (QED) is 0.770. The lowest BCUT2D eigenvalue weighted by atomic mass is 9.93. The van der Waals surface area contributed by atoms with E-state index in [0.717, 1.165) is 0 Å². The SMILES string of the molecule is COc1cc(OC)cc(C(C)(O)CC=O)c1. The zero-order chi connectivity index (χ0) is 12.2. The molecule has 0 aliphatic rings. The lowest BCUT2D eigenvalue weighted by Crippen LogP contribution is -2.21. The van der Waals surface area contributed by atoms with Crippen molar-refractivity contribution in [3.8, 4) is 11.5 Å². The largest absolute Gasteiger partial charge is 0.497 e. The Morgan fingerprint density at radius 3 is 2.12 bits per heavy atom. The Morgan fingerprint density at radius 2 is 1.75 bits per heavy atom. The maximum absolute atomic E-state index is 10.5. The second-order valence-corrected chi connectivity index (χ2v) is 3.75. The molecule has 0 saturated heterocycles. The molecule has 1 aromatic carbocycles. The van der Waals surface area contributed by atoms with Gasteiger partial charge in [0.25, 0.3) is 0 Å². The summed E-state index contributed by atoms with van der Waals surface area (Å²) in [4.78, 5) is 10.5. The number of carbonyl (C=O) groups excluding carboxylic acids is 1. The van der Waals surface area contributed by atoms with Gasteiger partial charge in [-0.2, -0.15) is 0 Å². The van der Waals surface area contributed by atoms with E-state index < -0.39 is 5.60 Å². The molecule has 0 fully saturated rings. The first kappa shape index (κ1) is 12.5. The van der Waals surface area contributed by atoms with Crippen LogP contribution in [0, 0.1) is 0 Å². The number of aldehydes is 1. The lowest BCUT2D eigenvalue weighted by molar-refractivity contribution is -0.112. The first-order chi connectivity index (χ1) is 7.53. The number of hydrogen-bond acceptors (Lipinski definition) is 4. The van der Waals surface area contributed by atoms with Gasteiger partial charge in [-0.05, 0) is 24.6 Å². The third kappa shape index (κ3) is 2.73. The fourth-order valence-corrected chi connectivity index (χ4v) is 1.40. The van der Waals surface area contributed by atoms with Gasteiger partial charge in [-0.3, -0.25) is 0 Å². The van der Waals surface area contributed by atoms with Gasteiger partial charge < -0.3 is 19.4 Å². The highest BCUT2D eigenvalue weighted by Gasteiger charge is 2.24. The molecule has 4 heteroatoms. The molecule has 0 aromatic heterocycles. The van der Waals surface area contributed by atoms with Crippen LogP contribution in [0.25, 0.3) is 0 Å². The summed E-state index contributed by atoms with van der Waals surface area (Å²) >= 11 is 0. The van der Waals surface area contributed by atoms with Crippen molar-refractivity contribution in [1.82, 2.24) is 0 Å². The van der Waals surface area contributed by atoms with Gasteiger partial charge in [-0.15, -0.1) is 0 Å². The van der Waals surface area contributed by atoms with Crippen molar-refractivity contribution in [1.29, 1.82) is 0 Å². The van der Waals surface area contributed by atoms with Gasteiger partial charge in [0.15, 0.2) is 0 Å². The third-order valence-electron chi connectivity index (χ3n) is 2.45. The monoisotopic (exact) mass is 224 g/mol. The minimum atomic E-state index is -1.20. The number of rotatable bonds is 5. The van der Waals surface area contributed by atoms with Crippen LogP contribution in [0.2, 0.25) is 0 Å². The second-order valence-electron chi connectivity index (χ2n) is 3.75. The van der Waals surface area contributed by atoms with E-state index in [4.69, 9.17) is 9.47 Å². The molecule has 1 rings (SSSR count). The van der Waals surface area contributed by atoms with Crippen molar-refractivity contribution in [3.63, 3.8) is 0 Å². The fraction of sp³-hybridized carbons (Fsp3) is 0.417. The third-order valence-corrected chi connectivity index (χ3v) is 2.45. The highest BCUT2D eigenvalue weighted by molar-refractivity contribution is 5.53. The number of hydrogen-bond donors (Lipinski definition) is 1. The van der Waals surface area contributed by atoms with Crippen molar-refractivity contribution in [2.45, 2.75) is 18.9 Å². The van der Waals surface area contributed by atoms with Gasteiger partial charge in [0.1, 0.15) is 17.8 Å². The first-order valence-corrected chi connectivity index (χ1v) is 4.93. The number of benzene rings is 1. The molecule has 0 heterocycles. The number of carbonyl (C=O) groups is 1. The Labute approximate surface area is 94.8 Å². The normalized spacial score (nSPS) is 14.0. The zero-order valence-corrected chi connectivity index (χ0v) is 9.69. The molecular weight excluding hydrogens is 208 g/mol. The minimum absolute atomic E-state index is 0.0311. The Bertz CT molecular complexity index is 349. The molecule has 1 atom stereocenters. The molecule has 1 unspecified atom stereocenters. The predicted octanol–water partition coefficient (Wildman–Crippen LogP) is 1.50. The van der Waals surface area contributed by atoms with Crippen LogP contribution in [0.3, 0.4) is 0 Å². The van der Waals surface area contributed by atoms with Crippen LogP contribution >= 0.6 is 0 Å². The molecule has 88 valence electrons. The molecule has 0 amide bonds. The van der Waals surface area contributed by atoms with E-state index in [1.165, 1.54) is 14.2 Å². The van der Waals surface area contributed by atoms with E-state index in [0.29, 0.717) is 23.3 Å². The molecular formula is C12H16O4. The van der Waals surface area contributed by atoms with Crippen LogP contribution in [-0.4, -0.2) is 25.6 Å². The average Bonchev–Trinajstić information content (AvgIpc) is 2.28. The second kappa shape index (κ2) is 4.99. The van der Waals surface area contributed by atoms with Gasteiger partial charge in [-0.25, -0.2) is 0 Å². The van der Waals surface area contributed by atoms with Crippen molar-refractivity contribution < 1.29 is 19.4 Å². The predicted molar refractivity (Wildman–Crippen MR) is 59.8 cm³/mol. The highest BCUT2D eigenvalue weighted by atomic mass is 16.5. The highest BCUT2D eigenvalue weighted by Crippen LogP contribution is 2.31. The van der Waals surface area contributed by atoms with Gasteiger partial charge in [-0.1, -0.05) is 0 Å². The average molecular weight is 224 g/mol. The van der Waals surface area contributed by atoms with Crippen molar-refractivity contribution in [2.75, 3.05) is 14.2 Å². The van der Waals surface area contributed by atoms with E-state index in [2.05, 4.69) is 0 Å². The van der Waals surface area contributed by atoms with Crippen molar-refractivity contribution >= 4 is 6.29 Å². The van der Waals surface area contributed by atoms with E-state index >= 15 is 0 Å². The Balaban J connectivity index is 3.16. The van der Waals surface area contributed by atoms with Gasteiger partial charge in [0.2, 0.25) is 0 Å². The zero-order valence-electron chi connectivity index (χ0n) is 9.69. The summed E-state index contributed by atoms with van der Waals surface area (Å²) in [6, 6.07) is 5.08. The van der Waals surface area contributed by atoms with Gasteiger partial charge in [0, 0.05) is 12.5 Å². The molecule has 0 radical (unpaired) electrons. The summed E-state index contributed by atoms with van der Waals surface area (Å²) in [6.07, 6.45) is 0.718. The molecule has 4 nitrogen and oxygen atoms in total. The van der Waals surface area contributed by atoms with Crippen LogP contribution in [0.4, 0.5) is 0 Å². The number of methoxy groups -OCH3 is 2. The summed E-state index contributed by atoms with van der Waals surface area (Å²) in [5.41, 5.74) is -0.611. The minimum Gasteiger partial charge on any atom is -0.497 e. The molecule has 1 aromatic rings. The fourth-order valence-electron chi connectivity index (χ4n) is 1.40. The summed E-state index contributed by atoms with van der Waals surface area (Å²) in [6.45, 7) is 1.58. The maximum Gasteiger partial charge on any atom is 0.123 e. The van der Waals surface area contributed by atoms with E-state index in [-0.39, 0.29) is 6.42 Å². The van der Waals surface area contributed by atoms with E-state index in [1.807, 2.05) is 0 Å². The van der Waals surface area contributed by atoms with E-state index in [9.17, 15) is 9.90 Å². The molecule has 0 aliphatic heterocycles. The van der Waals surface area contributed by atoms with Crippen LogP contribution in [0.15, 0.2) is 18.2 Å². The van der Waals surface area contributed by atoms with E-state index in [1.54, 1.807) is 25.1 Å². The topological polar surface area (TPSA) is 55.8 Å². The molecule has 0 spiro atoms. The molecule has 0 bridgehead atoms. The molecule has 16 heavy (non-hydrogen) atoms. The Morgan fingerprint density at radius 1 is 1.25 bits per heavy atom. The summed E-state index contributed by atoms with van der Waals surface area (Å²) in [5.74, 6) is 1.17. The van der Waals surface area contributed by atoms with Gasteiger partial charge in [0.05, 0.1) is 19.8 Å². The maximum atomic E-state index is 10.5. The Kier molecular flexibility index (Phi) is 3.90. The smallest absolute Gasteiger partial charge is 0.123 e. The summed E-state index contributed by atoms with van der Waals surface area (Å²) in [7, 11) is 3.07. The van der Waals surface area contributed by atoms with Crippen LogP contribution in [0.1, 0.15) is 18.9 Å². The summed E-state index contributed by atoms with van der Waals surface area (Å²) in [5, 5.41) is 10.1.